The van der Waals surface area contributed by atoms with Crippen LogP contribution in [-0.2, 0) is 13.6 Å². The van der Waals surface area contributed by atoms with E-state index in [1.54, 1.807) is 19.2 Å². The Kier molecular flexibility index (Phi) is 2.48. The first-order valence-electron chi connectivity index (χ1n) is 5.59. The zero-order valence-electron chi connectivity index (χ0n) is 10.1. The van der Waals surface area contributed by atoms with Gasteiger partial charge in [0, 0.05) is 23.7 Å². The SMILES string of the molecule is Cn1nnc(Cn2ccc3ccc([N+](=O)[O-])cc32)n1. The number of aryl methyl sites for hydroxylation is 1. The van der Waals surface area contributed by atoms with E-state index < -0.39 is 4.92 Å². The van der Waals surface area contributed by atoms with Gasteiger partial charge in [-0.05, 0) is 17.3 Å². The van der Waals surface area contributed by atoms with Gasteiger partial charge in [-0.1, -0.05) is 0 Å². The van der Waals surface area contributed by atoms with Gasteiger partial charge in [0.2, 0.25) is 0 Å². The molecule has 0 spiro atoms. The molecule has 0 saturated carbocycles. The highest BCUT2D eigenvalue weighted by molar-refractivity contribution is 5.82. The topological polar surface area (TPSA) is 91.7 Å². The fourth-order valence-corrected chi connectivity index (χ4v) is 1.96. The van der Waals surface area contributed by atoms with Crippen molar-refractivity contribution < 1.29 is 4.92 Å². The number of tetrazole rings is 1. The molecule has 0 amide bonds. The summed E-state index contributed by atoms with van der Waals surface area (Å²) in [6, 6.07) is 6.67. The molecule has 0 bridgehead atoms. The Bertz CT molecular complexity index is 759. The number of hydrogen-bond acceptors (Lipinski definition) is 5. The second kappa shape index (κ2) is 4.16. The average molecular weight is 258 g/mol. The molecule has 0 N–H and O–H groups in total. The average Bonchev–Trinajstić information content (AvgIpc) is 2.96. The van der Waals surface area contributed by atoms with Crippen LogP contribution in [0.25, 0.3) is 10.9 Å². The molecule has 0 aliphatic rings. The summed E-state index contributed by atoms with van der Waals surface area (Å²) in [6.07, 6.45) is 1.85. The van der Waals surface area contributed by atoms with Crippen molar-refractivity contribution in [2.45, 2.75) is 6.54 Å². The zero-order chi connectivity index (χ0) is 13.4. The Morgan fingerprint density at radius 3 is 2.89 bits per heavy atom. The summed E-state index contributed by atoms with van der Waals surface area (Å²) in [5.41, 5.74) is 0.848. The quantitative estimate of drug-likeness (QED) is 0.518. The number of rotatable bonds is 3. The predicted molar refractivity (Wildman–Crippen MR) is 66.5 cm³/mol. The number of nitrogens with zero attached hydrogens (tertiary/aromatic N) is 6. The van der Waals surface area contributed by atoms with E-state index in [-0.39, 0.29) is 5.69 Å². The van der Waals surface area contributed by atoms with Crippen LogP contribution >= 0.6 is 0 Å². The van der Waals surface area contributed by atoms with E-state index in [0.717, 1.165) is 10.9 Å². The number of nitro groups is 1. The van der Waals surface area contributed by atoms with Gasteiger partial charge in [0.05, 0.1) is 24.0 Å². The van der Waals surface area contributed by atoms with E-state index in [2.05, 4.69) is 15.4 Å². The number of benzene rings is 1. The first-order chi connectivity index (χ1) is 9.13. The third-order valence-electron chi connectivity index (χ3n) is 2.83. The summed E-state index contributed by atoms with van der Waals surface area (Å²) in [7, 11) is 1.69. The standard InChI is InChI=1S/C11H10N6O2/c1-15-13-11(12-14-15)7-16-5-4-8-2-3-9(17(18)19)6-10(8)16/h2-6H,7H2,1H3. The van der Waals surface area contributed by atoms with Gasteiger partial charge >= 0.3 is 0 Å². The molecule has 0 fully saturated rings. The van der Waals surface area contributed by atoms with Gasteiger partial charge in [-0.25, -0.2) is 0 Å². The first kappa shape index (κ1) is 11.3. The van der Waals surface area contributed by atoms with Crippen LogP contribution in [0.2, 0.25) is 0 Å². The van der Waals surface area contributed by atoms with Crippen molar-refractivity contribution in [3.8, 4) is 0 Å². The summed E-state index contributed by atoms with van der Waals surface area (Å²) >= 11 is 0. The molecule has 0 unspecified atom stereocenters. The summed E-state index contributed by atoms with van der Waals surface area (Å²) in [5.74, 6) is 0.562. The van der Waals surface area contributed by atoms with Gasteiger partial charge in [-0.2, -0.15) is 4.80 Å². The zero-order valence-corrected chi connectivity index (χ0v) is 10.1. The molecule has 96 valence electrons. The van der Waals surface area contributed by atoms with Crippen LogP contribution in [0.15, 0.2) is 30.5 Å². The van der Waals surface area contributed by atoms with Gasteiger partial charge < -0.3 is 4.57 Å². The van der Waals surface area contributed by atoms with Crippen LogP contribution < -0.4 is 0 Å². The van der Waals surface area contributed by atoms with Crippen molar-refractivity contribution in [2.24, 2.45) is 7.05 Å². The fourth-order valence-electron chi connectivity index (χ4n) is 1.96. The minimum atomic E-state index is -0.405. The van der Waals surface area contributed by atoms with Crippen LogP contribution in [0.5, 0.6) is 0 Å². The molecule has 0 aliphatic heterocycles. The van der Waals surface area contributed by atoms with E-state index in [1.807, 2.05) is 16.8 Å². The molecule has 3 rings (SSSR count). The lowest BCUT2D eigenvalue weighted by Gasteiger charge is -2.01. The molecule has 2 aromatic heterocycles. The smallest absolute Gasteiger partial charge is 0.271 e. The molecule has 3 aromatic rings. The Labute approximate surface area is 107 Å². The Morgan fingerprint density at radius 2 is 2.21 bits per heavy atom. The third-order valence-corrected chi connectivity index (χ3v) is 2.83. The highest BCUT2D eigenvalue weighted by atomic mass is 16.6. The van der Waals surface area contributed by atoms with E-state index >= 15 is 0 Å². The van der Waals surface area contributed by atoms with Crippen molar-refractivity contribution >= 4 is 16.6 Å². The molecular weight excluding hydrogens is 248 g/mol. The second-order valence-corrected chi connectivity index (χ2v) is 4.14. The van der Waals surface area contributed by atoms with Crippen LogP contribution in [0.1, 0.15) is 5.82 Å². The number of non-ortho nitro benzene ring substituents is 1. The third kappa shape index (κ3) is 2.03. The van der Waals surface area contributed by atoms with Crippen molar-refractivity contribution in [1.29, 1.82) is 0 Å². The maximum Gasteiger partial charge on any atom is 0.271 e. The molecule has 0 aliphatic carbocycles. The molecule has 1 aromatic carbocycles. The van der Waals surface area contributed by atoms with Gasteiger partial charge in [-0.15, -0.1) is 10.2 Å². The van der Waals surface area contributed by atoms with Crippen molar-refractivity contribution in [2.75, 3.05) is 0 Å². The summed E-state index contributed by atoms with van der Waals surface area (Å²) in [4.78, 5) is 11.8. The van der Waals surface area contributed by atoms with Crippen LogP contribution in [0.4, 0.5) is 5.69 Å². The van der Waals surface area contributed by atoms with Crippen LogP contribution in [0.3, 0.4) is 0 Å². The maximum absolute atomic E-state index is 10.8. The lowest BCUT2D eigenvalue weighted by atomic mass is 10.2. The van der Waals surface area contributed by atoms with Gasteiger partial charge in [-0.3, -0.25) is 10.1 Å². The predicted octanol–water partition coefficient (Wildman–Crippen LogP) is 1.12. The van der Waals surface area contributed by atoms with Gasteiger partial charge in [0.1, 0.15) is 0 Å². The number of aromatic nitrogens is 5. The van der Waals surface area contributed by atoms with Gasteiger partial charge in [0.25, 0.3) is 5.69 Å². The van der Waals surface area contributed by atoms with Crippen LogP contribution in [-0.4, -0.2) is 29.7 Å². The lowest BCUT2D eigenvalue weighted by Crippen LogP contribution is -2.01. The summed E-state index contributed by atoms with van der Waals surface area (Å²) < 4.78 is 1.86. The second-order valence-electron chi connectivity index (χ2n) is 4.14. The monoisotopic (exact) mass is 258 g/mol. The van der Waals surface area contributed by atoms with Crippen molar-refractivity contribution in [1.82, 2.24) is 24.8 Å². The summed E-state index contributed by atoms with van der Waals surface area (Å²) in [6.45, 7) is 0.429. The number of nitro benzene ring substituents is 1. The van der Waals surface area contributed by atoms with Crippen molar-refractivity contribution in [3.05, 3.63) is 46.4 Å². The normalized spacial score (nSPS) is 11.0. The molecule has 19 heavy (non-hydrogen) atoms. The van der Waals surface area contributed by atoms with E-state index in [1.165, 1.54) is 10.9 Å². The van der Waals surface area contributed by atoms with Crippen molar-refractivity contribution in [3.63, 3.8) is 0 Å². The van der Waals surface area contributed by atoms with Crippen LogP contribution in [0, 0.1) is 10.1 Å². The maximum atomic E-state index is 10.8. The minimum absolute atomic E-state index is 0.0690. The Hall–Kier alpha value is -2.77. The molecule has 2 heterocycles. The lowest BCUT2D eigenvalue weighted by molar-refractivity contribution is -0.384. The van der Waals surface area contributed by atoms with E-state index in [4.69, 9.17) is 0 Å². The largest absolute Gasteiger partial charge is 0.339 e. The van der Waals surface area contributed by atoms with Gasteiger partial charge in [0.15, 0.2) is 5.82 Å². The molecule has 0 saturated heterocycles. The Balaban J connectivity index is 2.03. The molecule has 8 heteroatoms. The molecule has 0 radical (unpaired) electrons. The van der Waals surface area contributed by atoms with E-state index in [9.17, 15) is 10.1 Å². The first-order valence-corrected chi connectivity index (χ1v) is 5.59. The summed E-state index contributed by atoms with van der Waals surface area (Å²) in [5, 5.41) is 23.5. The highest BCUT2D eigenvalue weighted by Crippen LogP contribution is 2.22. The molecule has 0 atom stereocenters. The highest BCUT2D eigenvalue weighted by Gasteiger charge is 2.10. The number of hydrogen-bond donors (Lipinski definition) is 0. The number of fused-ring (bicyclic) bond motifs is 1. The fraction of sp³-hybridized carbons (Fsp3) is 0.182. The molecular formula is C11H10N6O2. The molecule has 8 nitrogen and oxygen atoms in total. The minimum Gasteiger partial charge on any atom is -0.339 e. The Morgan fingerprint density at radius 1 is 1.37 bits per heavy atom. The van der Waals surface area contributed by atoms with E-state index in [0.29, 0.717) is 12.4 Å².